The molecule has 1 aromatic heterocycles. The zero-order valence-electron chi connectivity index (χ0n) is 11.3. The monoisotopic (exact) mass is 305 g/mol. The minimum absolute atomic E-state index is 0.238. The van der Waals surface area contributed by atoms with Crippen molar-refractivity contribution in [3.63, 3.8) is 0 Å². The van der Waals surface area contributed by atoms with Crippen LogP contribution in [0.2, 0.25) is 0 Å². The second kappa shape index (κ2) is 5.71. The lowest BCUT2D eigenvalue weighted by Crippen LogP contribution is -2.19. The van der Waals surface area contributed by atoms with Crippen LogP contribution < -0.4 is 20.8 Å². The Balaban J connectivity index is 2.15. The maximum Gasteiger partial charge on any atom is 0.252 e. The van der Waals surface area contributed by atoms with Crippen molar-refractivity contribution in [3.8, 4) is 22.8 Å². The van der Waals surface area contributed by atoms with E-state index >= 15 is 0 Å². The van der Waals surface area contributed by atoms with Crippen molar-refractivity contribution in [1.82, 2.24) is 9.55 Å². The molecule has 7 heteroatoms. The van der Waals surface area contributed by atoms with E-state index in [9.17, 15) is 4.79 Å². The Kier molecular flexibility index (Phi) is 3.76. The van der Waals surface area contributed by atoms with E-state index in [1.807, 2.05) is 22.8 Å². The van der Waals surface area contributed by atoms with Crippen molar-refractivity contribution in [2.75, 3.05) is 19.8 Å². The number of aromatic amines is 1. The van der Waals surface area contributed by atoms with E-state index < -0.39 is 0 Å². The lowest BCUT2D eigenvalue weighted by atomic mass is 10.1. The summed E-state index contributed by atoms with van der Waals surface area (Å²) >= 11 is 5.21. The van der Waals surface area contributed by atoms with Crippen molar-refractivity contribution < 1.29 is 9.47 Å². The van der Waals surface area contributed by atoms with Crippen LogP contribution >= 0.6 is 12.2 Å². The third kappa shape index (κ3) is 2.70. The summed E-state index contributed by atoms with van der Waals surface area (Å²) in [5.74, 6) is 1.38. The number of fused-ring (bicyclic) bond motifs is 1. The first-order valence-corrected chi connectivity index (χ1v) is 7.04. The molecular formula is C14H15N3O3S. The van der Waals surface area contributed by atoms with Crippen LogP contribution in [0.15, 0.2) is 29.1 Å². The molecule has 0 amide bonds. The minimum atomic E-state index is -0.238. The number of hydrogen-bond donors (Lipinski definition) is 2. The molecule has 0 aliphatic carbocycles. The summed E-state index contributed by atoms with van der Waals surface area (Å²) in [4.78, 5) is 14.3. The van der Waals surface area contributed by atoms with Crippen LogP contribution in [0, 0.1) is 4.77 Å². The molecule has 0 bridgehead atoms. The van der Waals surface area contributed by atoms with Gasteiger partial charge in [0, 0.05) is 24.7 Å². The fraction of sp³-hybridized carbons (Fsp3) is 0.286. The van der Waals surface area contributed by atoms with E-state index in [0.717, 1.165) is 5.56 Å². The van der Waals surface area contributed by atoms with E-state index in [2.05, 4.69) is 4.98 Å². The van der Waals surface area contributed by atoms with Crippen molar-refractivity contribution in [1.29, 1.82) is 0 Å². The van der Waals surface area contributed by atoms with Gasteiger partial charge in [0.15, 0.2) is 16.3 Å². The second-order valence-electron chi connectivity index (χ2n) is 4.62. The maximum absolute atomic E-state index is 11.7. The smallest absolute Gasteiger partial charge is 0.252 e. The predicted octanol–water partition coefficient (Wildman–Crippen LogP) is 1.30. The van der Waals surface area contributed by atoms with E-state index in [1.54, 1.807) is 0 Å². The van der Waals surface area contributed by atoms with E-state index in [-0.39, 0.29) is 5.56 Å². The molecule has 1 aliphatic rings. The topological polar surface area (TPSA) is 82.3 Å². The van der Waals surface area contributed by atoms with Gasteiger partial charge in [-0.1, -0.05) is 0 Å². The van der Waals surface area contributed by atoms with E-state index in [1.165, 1.54) is 6.07 Å². The molecular weight excluding hydrogens is 290 g/mol. The summed E-state index contributed by atoms with van der Waals surface area (Å²) in [5.41, 5.74) is 6.94. The van der Waals surface area contributed by atoms with Crippen LogP contribution in [0.5, 0.6) is 11.5 Å². The second-order valence-corrected chi connectivity index (χ2v) is 5.01. The molecule has 1 aromatic carbocycles. The summed E-state index contributed by atoms with van der Waals surface area (Å²) in [6.07, 6.45) is 0. The third-order valence-electron chi connectivity index (χ3n) is 3.22. The SMILES string of the molecule is NCCn1c(-c2ccc3c(c2)OCCO3)cc(=O)[nH]c1=S. The Morgan fingerprint density at radius 3 is 2.76 bits per heavy atom. The van der Waals surface area contributed by atoms with E-state index in [0.29, 0.717) is 48.3 Å². The number of nitrogens with zero attached hydrogens (tertiary/aromatic N) is 1. The van der Waals surface area contributed by atoms with Gasteiger partial charge in [-0.15, -0.1) is 0 Å². The Morgan fingerprint density at radius 1 is 1.24 bits per heavy atom. The normalized spacial score (nSPS) is 13.2. The lowest BCUT2D eigenvalue weighted by molar-refractivity contribution is 0.171. The molecule has 0 fully saturated rings. The summed E-state index contributed by atoms with van der Waals surface area (Å²) in [6.45, 7) is 2.01. The van der Waals surface area contributed by atoms with Gasteiger partial charge in [-0.05, 0) is 30.4 Å². The maximum atomic E-state index is 11.7. The first kappa shape index (κ1) is 13.8. The molecule has 0 radical (unpaired) electrons. The van der Waals surface area contributed by atoms with Gasteiger partial charge >= 0.3 is 0 Å². The molecule has 3 rings (SSSR count). The highest BCUT2D eigenvalue weighted by atomic mass is 32.1. The number of nitrogens with two attached hydrogens (primary N) is 1. The van der Waals surface area contributed by atoms with Gasteiger partial charge in [-0.25, -0.2) is 0 Å². The molecule has 110 valence electrons. The standard InChI is InChI=1S/C14H15N3O3S/c15-3-4-17-10(8-13(18)16-14(17)21)9-1-2-11-12(7-9)20-6-5-19-11/h1-2,7-8H,3-6,15H2,(H,16,18,21). The first-order valence-electron chi connectivity index (χ1n) is 6.63. The van der Waals surface area contributed by atoms with Crippen LogP contribution in [-0.2, 0) is 6.54 Å². The van der Waals surface area contributed by atoms with Gasteiger partial charge in [0.25, 0.3) is 5.56 Å². The zero-order valence-corrected chi connectivity index (χ0v) is 12.1. The molecule has 1 aliphatic heterocycles. The first-order chi connectivity index (χ1) is 10.2. The number of hydrogen-bond acceptors (Lipinski definition) is 5. The number of benzene rings is 1. The fourth-order valence-corrected chi connectivity index (χ4v) is 2.60. The number of H-pyrrole nitrogens is 1. The average molecular weight is 305 g/mol. The molecule has 6 nitrogen and oxygen atoms in total. The number of aromatic nitrogens is 2. The van der Waals surface area contributed by atoms with Crippen molar-refractivity contribution >= 4 is 12.2 Å². The molecule has 0 spiro atoms. The highest BCUT2D eigenvalue weighted by Crippen LogP contribution is 2.34. The molecule has 0 saturated heterocycles. The quantitative estimate of drug-likeness (QED) is 0.835. The van der Waals surface area contributed by atoms with Crippen LogP contribution in [0.3, 0.4) is 0 Å². The number of rotatable bonds is 3. The van der Waals surface area contributed by atoms with Crippen LogP contribution in [-0.4, -0.2) is 29.3 Å². The van der Waals surface area contributed by atoms with Crippen molar-refractivity contribution in [2.24, 2.45) is 5.73 Å². The Hall–Kier alpha value is -2.12. The summed E-state index contributed by atoms with van der Waals surface area (Å²) in [5, 5.41) is 0. The van der Waals surface area contributed by atoms with Gasteiger partial charge in [0.1, 0.15) is 13.2 Å². The van der Waals surface area contributed by atoms with Crippen LogP contribution in [0.1, 0.15) is 0 Å². The summed E-state index contributed by atoms with van der Waals surface area (Å²) in [7, 11) is 0. The molecule has 0 unspecified atom stereocenters. The molecule has 0 atom stereocenters. The zero-order chi connectivity index (χ0) is 14.8. The Labute approximate surface area is 126 Å². The molecule has 0 saturated carbocycles. The predicted molar refractivity (Wildman–Crippen MR) is 81.4 cm³/mol. The molecule has 21 heavy (non-hydrogen) atoms. The number of nitrogens with one attached hydrogen (secondary N) is 1. The molecule has 2 aromatic rings. The van der Waals surface area contributed by atoms with Gasteiger partial charge in [0.05, 0.1) is 5.69 Å². The highest BCUT2D eigenvalue weighted by Gasteiger charge is 2.14. The van der Waals surface area contributed by atoms with Gasteiger partial charge < -0.3 is 19.8 Å². The van der Waals surface area contributed by atoms with Gasteiger partial charge in [0.2, 0.25) is 0 Å². The average Bonchev–Trinajstić information content (AvgIpc) is 2.49. The Morgan fingerprint density at radius 2 is 2.00 bits per heavy atom. The van der Waals surface area contributed by atoms with Crippen molar-refractivity contribution in [3.05, 3.63) is 39.4 Å². The largest absolute Gasteiger partial charge is 0.486 e. The summed E-state index contributed by atoms with van der Waals surface area (Å²) in [6, 6.07) is 7.08. The fourth-order valence-electron chi connectivity index (χ4n) is 2.31. The van der Waals surface area contributed by atoms with Gasteiger partial charge in [-0.2, -0.15) is 0 Å². The minimum Gasteiger partial charge on any atom is -0.486 e. The van der Waals surface area contributed by atoms with Gasteiger partial charge in [-0.3, -0.25) is 9.78 Å². The number of ether oxygens (including phenoxy) is 2. The van der Waals surface area contributed by atoms with Crippen LogP contribution in [0.25, 0.3) is 11.3 Å². The van der Waals surface area contributed by atoms with Crippen molar-refractivity contribution in [2.45, 2.75) is 6.54 Å². The molecule has 2 heterocycles. The van der Waals surface area contributed by atoms with E-state index in [4.69, 9.17) is 27.4 Å². The Bertz CT molecular complexity index is 782. The summed E-state index contributed by atoms with van der Waals surface area (Å²) < 4.78 is 13.2. The third-order valence-corrected chi connectivity index (χ3v) is 3.55. The van der Waals surface area contributed by atoms with Crippen LogP contribution in [0.4, 0.5) is 0 Å². The highest BCUT2D eigenvalue weighted by molar-refractivity contribution is 7.71. The lowest BCUT2D eigenvalue weighted by Gasteiger charge is -2.20. The molecule has 3 N–H and O–H groups in total.